The first-order chi connectivity index (χ1) is 14.1. The van der Waals surface area contributed by atoms with Gasteiger partial charge in [0.2, 0.25) is 15.9 Å². The highest BCUT2D eigenvalue weighted by Crippen LogP contribution is 2.31. The normalized spacial score (nSPS) is 15.9. The Hall–Kier alpha value is -2.18. The lowest BCUT2D eigenvalue weighted by Gasteiger charge is -2.31. The molecule has 162 valence electrons. The minimum atomic E-state index is -3.58. The second-order valence-electron chi connectivity index (χ2n) is 8.47. The average Bonchev–Trinajstić information content (AvgIpc) is 2.72. The van der Waals surface area contributed by atoms with Crippen LogP contribution in [-0.2, 0) is 21.4 Å². The van der Waals surface area contributed by atoms with Crippen LogP contribution in [0.4, 0.5) is 0 Å². The molecule has 2 aromatic carbocycles. The molecule has 1 fully saturated rings. The Labute approximate surface area is 180 Å². The summed E-state index contributed by atoms with van der Waals surface area (Å²) in [5, 5.41) is 3.00. The molecule has 5 nitrogen and oxygen atoms in total. The van der Waals surface area contributed by atoms with E-state index in [1.807, 2.05) is 65.0 Å². The number of piperidine rings is 1. The van der Waals surface area contributed by atoms with Crippen molar-refractivity contribution in [2.24, 2.45) is 5.92 Å². The second-order valence-corrected chi connectivity index (χ2v) is 10.3. The van der Waals surface area contributed by atoms with E-state index < -0.39 is 10.0 Å². The van der Waals surface area contributed by atoms with Crippen LogP contribution in [0.5, 0.6) is 0 Å². The zero-order chi connectivity index (χ0) is 22.1. The largest absolute Gasteiger partial charge is 0.352 e. The number of hydrogen-bond donors (Lipinski definition) is 1. The summed E-state index contributed by atoms with van der Waals surface area (Å²) < 4.78 is 28.3. The van der Waals surface area contributed by atoms with E-state index in [9.17, 15) is 13.2 Å². The molecular formula is C24H32N2O3S. The zero-order valence-electron chi connectivity index (χ0n) is 18.6. The average molecular weight is 429 g/mol. The molecule has 3 rings (SSSR count). The third-order valence-electron chi connectivity index (χ3n) is 6.31. The Bertz CT molecular complexity index is 1010. The second kappa shape index (κ2) is 8.90. The van der Waals surface area contributed by atoms with Gasteiger partial charge < -0.3 is 5.32 Å². The number of rotatable bonds is 5. The lowest BCUT2D eigenvalue weighted by atomic mass is 9.97. The van der Waals surface area contributed by atoms with Crippen molar-refractivity contribution < 1.29 is 13.2 Å². The zero-order valence-corrected chi connectivity index (χ0v) is 19.4. The van der Waals surface area contributed by atoms with Gasteiger partial charge in [0.05, 0.1) is 4.90 Å². The summed E-state index contributed by atoms with van der Waals surface area (Å²) in [6.45, 7) is 10.9. The first-order valence-electron chi connectivity index (χ1n) is 10.5. The summed E-state index contributed by atoms with van der Waals surface area (Å²) in [6.07, 6.45) is 1.09. The molecule has 0 saturated carbocycles. The predicted octanol–water partition coefficient (Wildman–Crippen LogP) is 3.95. The van der Waals surface area contributed by atoms with Crippen LogP contribution < -0.4 is 5.32 Å². The van der Waals surface area contributed by atoms with Crippen LogP contribution in [0.3, 0.4) is 0 Å². The summed E-state index contributed by atoms with van der Waals surface area (Å²) in [6, 6.07) is 10.1. The van der Waals surface area contributed by atoms with Crippen molar-refractivity contribution in [3.63, 3.8) is 0 Å². The molecule has 0 radical (unpaired) electrons. The van der Waals surface area contributed by atoms with Crippen LogP contribution in [0.15, 0.2) is 35.2 Å². The Kier molecular flexibility index (Phi) is 6.68. The van der Waals surface area contributed by atoms with Crippen LogP contribution in [0.1, 0.15) is 46.2 Å². The molecule has 1 aliphatic rings. The van der Waals surface area contributed by atoms with Gasteiger partial charge in [-0.25, -0.2) is 8.42 Å². The first-order valence-corrected chi connectivity index (χ1v) is 12.0. The molecule has 0 aliphatic carbocycles. The van der Waals surface area contributed by atoms with Crippen LogP contribution in [0, 0.1) is 40.5 Å². The van der Waals surface area contributed by atoms with Crippen molar-refractivity contribution in [1.82, 2.24) is 9.62 Å². The van der Waals surface area contributed by atoms with E-state index in [2.05, 4.69) is 5.32 Å². The van der Waals surface area contributed by atoms with Crippen molar-refractivity contribution in [3.05, 3.63) is 63.7 Å². The van der Waals surface area contributed by atoms with Crippen LogP contribution in [0.25, 0.3) is 0 Å². The van der Waals surface area contributed by atoms with E-state index in [0.717, 1.165) is 27.8 Å². The summed E-state index contributed by atoms with van der Waals surface area (Å²) in [4.78, 5) is 13.0. The van der Waals surface area contributed by atoms with Gasteiger partial charge in [-0.05, 0) is 75.3 Å². The van der Waals surface area contributed by atoms with Gasteiger partial charge in [-0.1, -0.05) is 35.9 Å². The van der Waals surface area contributed by atoms with E-state index in [0.29, 0.717) is 37.4 Å². The van der Waals surface area contributed by atoms with Crippen molar-refractivity contribution in [1.29, 1.82) is 0 Å². The molecule has 1 aliphatic heterocycles. The highest BCUT2D eigenvalue weighted by Gasteiger charge is 2.34. The lowest BCUT2D eigenvalue weighted by molar-refractivity contribution is -0.126. The molecule has 0 bridgehead atoms. The van der Waals surface area contributed by atoms with Crippen molar-refractivity contribution in [2.75, 3.05) is 13.1 Å². The van der Waals surface area contributed by atoms with Gasteiger partial charge in [-0.15, -0.1) is 0 Å². The summed E-state index contributed by atoms with van der Waals surface area (Å²) in [7, 11) is -3.58. The fourth-order valence-corrected chi connectivity index (χ4v) is 6.14. The molecule has 0 unspecified atom stereocenters. The fourth-order valence-electron chi connectivity index (χ4n) is 4.09. The van der Waals surface area contributed by atoms with Crippen molar-refractivity contribution in [3.8, 4) is 0 Å². The highest BCUT2D eigenvalue weighted by atomic mass is 32.2. The number of benzene rings is 2. The van der Waals surface area contributed by atoms with Gasteiger partial charge in [-0.3, -0.25) is 4.79 Å². The van der Waals surface area contributed by atoms with E-state index in [-0.39, 0.29) is 11.8 Å². The summed E-state index contributed by atoms with van der Waals surface area (Å²) >= 11 is 0. The van der Waals surface area contributed by atoms with Gasteiger partial charge in [-0.2, -0.15) is 4.31 Å². The molecule has 0 aromatic heterocycles. The van der Waals surface area contributed by atoms with Crippen LogP contribution in [-0.4, -0.2) is 31.7 Å². The number of carbonyl (C=O) groups is 1. The molecule has 1 N–H and O–H groups in total. The smallest absolute Gasteiger partial charge is 0.243 e. The lowest BCUT2D eigenvalue weighted by Crippen LogP contribution is -2.43. The predicted molar refractivity (Wildman–Crippen MR) is 120 cm³/mol. The number of amides is 1. The Morgan fingerprint density at radius 2 is 1.50 bits per heavy atom. The summed E-state index contributed by atoms with van der Waals surface area (Å²) in [5.74, 6) is -0.144. The number of hydrogen-bond acceptors (Lipinski definition) is 3. The third kappa shape index (κ3) is 4.60. The van der Waals surface area contributed by atoms with E-state index >= 15 is 0 Å². The van der Waals surface area contributed by atoms with Crippen LogP contribution in [0.2, 0.25) is 0 Å². The van der Waals surface area contributed by atoms with E-state index in [1.54, 1.807) is 4.31 Å². The Morgan fingerprint density at radius 1 is 0.967 bits per heavy atom. The van der Waals surface area contributed by atoms with E-state index in [4.69, 9.17) is 0 Å². The van der Waals surface area contributed by atoms with E-state index in [1.165, 1.54) is 5.56 Å². The maximum absolute atomic E-state index is 13.4. The molecule has 1 saturated heterocycles. The minimum Gasteiger partial charge on any atom is -0.352 e. The molecule has 0 spiro atoms. The standard InChI is InChI=1S/C24H32N2O3S/c1-16-6-8-21(9-7-16)15-25-24(27)22-10-12-26(13-11-22)30(28,29)23-19(4)17(2)14-18(3)20(23)5/h6-9,14,22H,10-13,15H2,1-5H3,(H,25,27). The molecule has 0 atom stereocenters. The number of aryl methyl sites for hydroxylation is 3. The maximum atomic E-state index is 13.4. The third-order valence-corrected chi connectivity index (χ3v) is 8.48. The fraction of sp³-hybridized carbons (Fsp3) is 0.458. The molecule has 2 aromatic rings. The molecule has 1 heterocycles. The molecule has 6 heteroatoms. The number of carbonyl (C=O) groups excluding carboxylic acids is 1. The summed E-state index contributed by atoms with van der Waals surface area (Å²) in [5.41, 5.74) is 5.86. The van der Waals surface area contributed by atoms with Gasteiger partial charge in [0.1, 0.15) is 0 Å². The van der Waals surface area contributed by atoms with Crippen LogP contribution >= 0.6 is 0 Å². The number of nitrogens with zero attached hydrogens (tertiary/aromatic N) is 1. The number of sulfonamides is 1. The maximum Gasteiger partial charge on any atom is 0.243 e. The van der Waals surface area contributed by atoms with Gasteiger partial charge >= 0.3 is 0 Å². The van der Waals surface area contributed by atoms with Crippen molar-refractivity contribution in [2.45, 2.75) is 58.9 Å². The first kappa shape index (κ1) is 22.5. The van der Waals surface area contributed by atoms with Crippen molar-refractivity contribution >= 4 is 15.9 Å². The van der Waals surface area contributed by atoms with Gasteiger partial charge in [0, 0.05) is 25.6 Å². The molecule has 30 heavy (non-hydrogen) atoms. The minimum absolute atomic E-state index is 0.00591. The van der Waals surface area contributed by atoms with Gasteiger partial charge in [0.15, 0.2) is 0 Å². The topological polar surface area (TPSA) is 66.5 Å². The number of nitrogens with one attached hydrogen (secondary N) is 1. The van der Waals surface area contributed by atoms with Gasteiger partial charge in [0.25, 0.3) is 0 Å². The quantitative estimate of drug-likeness (QED) is 0.784. The highest BCUT2D eigenvalue weighted by molar-refractivity contribution is 7.89. The Morgan fingerprint density at radius 3 is 2.03 bits per heavy atom. The SMILES string of the molecule is Cc1ccc(CNC(=O)C2CCN(S(=O)(=O)c3c(C)c(C)cc(C)c3C)CC2)cc1. The molecule has 1 amide bonds. The monoisotopic (exact) mass is 428 g/mol. The molecular weight excluding hydrogens is 396 g/mol. The Balaban J connectivity index is 1.65.